The Kier molecular flexibility index (Phi) is 3.82. The highest BCUT2D eigenvalue weighted by atomic mass is 16.6. The number of likely N-dealkylation sites (tertiary alicyclic amines) is 1. The fourth-order valence-corrected chi connectivity index (χ4v) is 3.12. The van der Waals surface area contributed by atoms with Crippen LogP contribution in [-0.4, -0.2) is 39.5 Å². The molecule has 2 heterocycles. The monoisotopic (exact) mass is 315 g/mol. The molecule has 5 heteroatoms. The third kappa shape index (κ3) is 3.19. The van der Waals surface area contributed by atoms with Gasteiger partial charge < -0.3 is 9.64 Å². The van der Waals surface area contributed by atoms with Crippen LogP contribution in [0.25, 0.3) is 10.9 Å². The number of aromatic nitrogens is 2. The van der Waals surface area contributed by atoms with Crippen LogP contribution in [0.1, 0.15) is 32.0 Å². The Labute approximate surface area is 137 Å². The highest BCUT2D eigenvalue weighted by molar-refractivity contribution is 5.84. The van der Waals surface area contributed by atoms with Gasteiger partial charge in [-0.05, 0) is 46.2 Å². The smallest absolute Gasteiger partial charge is 0.410 e. The van der Waals surface area contributed by atoms with Gasteiger partial charge in [-0.1, -0.05) is 12.1 Å². The van der Waals surface area contributed by atoms with E-state index < -0.39 is 5.60 Å². The van der Waals surface area contributed by atoms with Crippen molar-refractivity contribution >= 4 is 17.0 Å². The van der Waals surface area contributed by atoms with E-state index >= 15 is 0 Å². The molecule has 1 aromatic carbocycles. The van der Waals surface area contributed by atoms with E-state index in [-0.39, 0.29) is 6.09 Å². The maximum absolute atomic E-state index is 12.0. The maximum atomic E-state index is 12.0. The van der Waals surface area contributed by atoms with Gasteiger partial charge in [-0.25, -0.2) is 4.79 Å². The van der Waals surface area contributed by atoms with E-state index in [1.165, 1.54) is 16.6 Å². The van der Waals surface area contributed by atoms with Gasteiger partial charge in [0.25, 0.3) is 0 Å². The van der Waals surface area contributed by atoms with Crippen LogP contribution in [0.15, 0.2) is 18.2 Å². The molecule has 0 spiro atoms. The minimum absolute atomic E-state index is 0.216. The number of hydrogen-bond donors (Lipinski definition) is 0. The number of ether oxygens (including phenoxy) is 1. The zero-order valence-corrected chi connectivity index (χ0v) is 14.6. The van der Waals surface area contributed by atoms with Crippen molar-refractivity contribution in [2.75, 3.05) is 13.1 Å². The van der Waals surface area contributed by atoms with E-state index in [1.807, 2.05) is 26.8 Å². The molecular formula is C18H25N3O2. The average Bonchev–Trinajstić information content (AvgIpc) is 2.69. The number of hydrogen-bond acceptors (Lipinski definition) is 3. The molecule has 0 bridgehead atoms. The van der Waals surface area contributed by atoms with Crippen molar-refractivity contribution in [1.82, 2.24) is 14.7 Å². The van der Waals surface area contributed by atoms with E-state index in [4.69, 9.17) is 9.84 Å². The van der Waals surface area contributed by atoms with Crippen LogP contribution in [0.2, 0.25) is 0 Å². The molecule has 0 aliphatic carbocycles. The minimum Gasteiger partial charge on any atom is -0.444 e. The van der Waals surface area contributed by atoms with Gasteiger partial charge in [-0.15, -0.1) is 0 Å². The third-order valence-corrected chi connectivity index (χ3v) is 4.27. The summed E-state index contributed by atoms with van der Waals surface area (Å²) >= 11 is 0. The van der Waals surface area contributed by atoms with Gasteiger partial charge >= 0.3 is 6.09 Å². The number of carbonyl (C=O) groups excluding carboxylic acids is 1. The summed E-state index contributed by atoms with van der Waals surface area (Å²) in [6, 6.07) is 6.22. The Morgan fingerprint density at radius 2 is 2.00 bits per heavy atom. The molecule has 1 fully saturated rings. The van der Waals surface area contributed by atoms with E-state index in [2.05, 4.69) is 30.7 Å². The minimum atomic E-state index is -0.435. The Morgan fingerprint density at radius 1 is 1.30 bits per heavy atom. The van der Waals surface area contributed by atoms with Gasteiger partial charge in [0.05, 0.1) is 5.52 Å². The molecule has 23 heavy (non-hydrogen) atoms. The summed E-state index contributed by atoms with van der Waals surface area (Å²) in [7, 11) is 0. The van der Waals surface area contributed by atoms with E-state index in [1.54, 1.807) is 4.90 Å². The lowest BCUT2D eigenvalue weighted by molar-refractivity contribution is -0.00387. The SMILES string of the molecule is Cc1cccc2nn(CC3CN(C(=O)OC(C)(C)C)C3)c(C)c12. The summed E-state index contributed by atoms with van der Waals surface area (Å²) in [5, 5.41) is 5.95. The molecule has 1 aliphatic rings. The summed E-state index contributed by atoms with van der Waals surface area (Å²) in [4.78, 5) is 13.7. The van der Waals surface area contributed by atoms with Crippen LogP contribution in [0.3, 0.4) is 0 Å². The number of aryl methyl sites for hydroxylation is 2. The predicted octanol–water partition coefficient (Wildman–Crippen LogP) is 3.52. The molecule has 1 aliphatic heterocycles. The molecule has 1 aromatic heterocycles. The third-order valence-electron chi connectivity index (χ3n) is 4.27. The standard InChI is InChI=1S/C18H25N3O2/c1-12-7-6-8-15-16(12)13(2)21(19-15)11-14-9-20(10-14)17(22)23-18(3,4)5/h6-8,14H,9-11H2,1-5H3. The second-order valence-corrected chi connectivity index (χ2v) is 7.49. The molecule has 1 amide bonds. The van der Waals surface area contributed by atoms with Gasteiger partial charge in [0.2, 0.25) is 0 Å². The zero-order valence-electron chi connectivity index (χ0n) is 14.6. The van der Waals surface area contributed by atoms with E-state index in [0.29, 0.717) is 5.92 Å². The van der Waals surface area contributed by atoms with Crippen LogP contribution in [0, 0.1) is 19.8 Å². The summed E-state index contributed by atoms with van der Waals surface area (Å²) in [5.41, 5.74) is 3.07. The molecule has 124 valence electrons. The van der Waals surface area contributed by atoms with Gasteiger partial charge in [-0.2, -0.15) is 5.10 Å². The van der Waals surface area contributed by atoms with Crippen LogP contribution in [0.4, 0.5) is 4.79 Å². The van der Waals surface area contributed by atoms with Crippen LogP contribution in [-0.2, 0) is 11.3 Å². The number of rotatable bonds is 2. The molecule has 0 atom stereocenters. The van der Waals surface area contributed by atoms with Crippen molar-refractivity contribution in [3.05, 3.63) is 29.5 Å². The largest absolute Gasteiger partial charge is 0.444 e. The van der Waals surface area contributed by atoms with Crippen molar-refractivity contribution in [1.29, 1.82) is 0 Å². The molecule has 1 saturated heterocycles. The maximum Gasteiger partial charge on any atom is 0.410 e. The first-order valence-electron chi connectivity index (χ1n) is 8.15. The normalized spacial score (nSPS) is 15.8. The summed E-state index contributed by atoms with van der Waals surface area (Å²) in [6.45, 7) is 12.2. The zero-order chi connectivity index (χ0) is 16.8. The summed E-state index contributed by atoms with van der Waals surface area (Å²) in [6.07, 6.45) is -0.216. The van der Waals surface area contributed by atoms with Crippen molar-refractivity contribution in [2.45, 2.75) is 46.8 Å². The van der Waals surface area contributed by atoms with Crippen LogP contribution in [0.5, 0.6) is 0 Å². The molecule has 0 radical (unpaired) electrons. The van der Waals surface area contributed by atoms with Crippen molar-refractivity contribution in [3.8, 4) is 0 Å². The van der Waals surface area contributed by atoms with Crippen LogP contribution >= 0.6 is 0 Å². The molecule has 2 aromatic rings. The fraction of sp³-hybridized carbons (Fsp3) is 0.556. The second-order valence-electron chi connectivity index (χ2n) is 7.49. The van der Waals surface area contributed by atoms with Crippen molar-refractivity contribution < 1.29 is 9.53 Å². The molecule has 5 nitrogen and oxygen atoms in total. The molecular weight excluding hydrogens is 290 g/mol. The van der Waals surface area contributed by atoms with E-state index in [0.717, 1.165) is 25.2 Å². The molecule has 0 unspecified atom stereocenters. The lowest BCUT2D eigenvalue weighted by Crippen LogP contribution is -2.52. The number of amides is 1. The number of benzene rings is 1. The first-order chi connectivity index (χ1) is 10.7. The van der Waals surface area contributed by atoms with Gasteiger partial charge in [0.1, 0.15) is 5.60 Å². The van der Waals surface area contributed by atoms with Crippen molar-refractivity contribution in [3.63, 3.8) is 0 Å². The Morgan fingerprint density at radius 3 is 2.61 bits per heavy atom. The highest BCUT2D eigenvalue weighted by Crippen LogP contribution is 2.25. The molecule has 3 rings (SSSR count). The second kappa shape index (κ2) is 5.55. The lowest BCUT2D eigenvalue weighted by Gasteiger charge is -2.39. The summed E-state index contributed by atoms with van der Waals surface area (Å²) in [5.74, 6) is 0.441. The van der Waals surface area contributed by atoms with Crippen molar-refractivity contribution in [2.24, 2.45) is 5.92 Å². The number of carbonyl (C=O) groups is 1. The van der Waals surface area contributed by atoms with Crippen LogP contribution < -0.4 is 0 Å². The number of nitrogens with zero attached hydrogens (tertiary/aromatic N) is 3. The Hall–Kier alpha value is -2.04. The topological polar surface area (TPSA) is 47.4 Å². The van der Waals surface area contributed by atoms with Gasteiger partial charge in [-0.3, -0.25) is 4.68 Å². The first-order valence-corrected chi connectivity index (χ1v) is 8.15. The predicted molar refractivity (Wildman–Crippen MR) is 90.5 cm³/mol. The molecule has 0 N–H and O–H groups in total. The Balaban J connectivity index is 1.64. The quantitative estimate of drug-likeness (QED) is 0.852. The average molecular weight is 315 g/mol. The number of fused-ring (bicyclic) bond motifs is 1. The molecule has 0 saturated carbocycles. The highest BCUT2D eigenvalue weighted by Gasteiger charge is 2.34. The van der Waals surface area contributed by atoms with Gasteiger partial charge in [0, 0.05) is 36.6 Å². The summed E-state index contributed by atoms with van der Waals surface area (Å²) < 4.78 is 7.47. The van der Waals surface area contributed by atoms with E-state index in [9.17, 15) is 4.79 Å². The fourth-order valence-electron chi connectivity index (χ4n) is 3.12. The lowest BCUT2D eigenvalue weighted by atomic mass is 10.0. The van der Waals surface area contributed by atoms with Gasteiger partial charge in [0.15, 0.2) is 0 Å². The first kappa shape index (κ1) is 15.8. The Bertz CT molecular complexity index is 737.